The second kappa shape index (κ2) is 6.36. The quantitative estimate of drug-likeness (QED) is 0.538. The van der Waals surface area contributed by atoms with Crippen molar-refractivity contribution in [3.8, 4) is 0 Å². The van der Waals surface area contributed by atoms with Crippen molar-refractivity contribution in [2.45, 2.75) is 26.2 Å². The second-order valence-electron chi connectivity index (χ2n) is 4.10. The van der Waals surface area contributed by atoms with Gasteiger partial charge in [-0.25, -0.2) is 0 Å². The van der Waals surface area contributed by atoms with Crippen molar-refractivity contribution < 1.29 is 53.8 Å². The molecule has 1 aliphatic carbocycles. The Kier molecular flexibility index (Phi) is 8.39. The molecule has 13 heavy (non-hydrogen) atoms. The van der Waals surface area contributed by atoms with E-state index in [4.69, 9.17) is 0 Å². The summed E-state index contributed by atoms with van der Waals surface area (Å²) in [6.45, 7) is 4.88. The minimum absolute atomic E-state index is 0. The van der Waals surface area contributed by atoms with Crippen LogP contribution in [0.4, 0.5) is 0 Å². The van der Waals surface area contributed by atoms with Crippen molar-refractivity contribution in [3.05, 3.63) is 14.5 Å². The van der Waals surface area contributed by atoms with Crippen molar-refractivity contribution in [1.82, 2.24) is 4.90 Å². The molecule has 1 spiro atoms. The number of hydrogen-bond donors (Lipinski definition) is 0. The molecule has 0 bridgehead atoms. The van der Waals surface area contributed by atoms with Gasteiger partial charge in [-0.1, -0.05) is 6.92 Å². The van der Waals surface area contributed by atoms with Crippen molar-refractivity contribution >= 4 is 0 Å². The molecule has 1 saturated carbocycles. The van der Waals surface area contributed by atoms with Gasteiger partial charge in [-0.3, -0.25) is 7.05 Å². The van der Waals surface area contributed by atoms with Gasteiger partial charge in [0.2, 0.25) is 0 Å². The van der Waals surface area contributed by atoms with Gasteiger partial charge in [0, 0.05) is 32.7 Å². The van der Waals surface area contributed by atoms with E-state index < -0.39 is 0 Å². The van der Waals surface area contributed by atoms with Gasteiger partial charge < -0.3 is 12.3 Å². The molecule has 0 aromatic carbocycles. The largest absolute Gasteiger partial charge is 2.00 e. The van der Waals surface area contributed by atoms with Crippen LogP contribution in [0.25, 0.3) is 0 Å². The molecular weight excluding hydrogens is 407 g/mol. The molecule has 2 fully saturated rings. The van der Waals surface area contributed by atoms with Crippen molar-refractivity contribution in [3.63, 3.8) is 0 Å². The Morgan fingerprint density at radius 2 is 2.00 bits per heavy atom. The molecule has 3 heteroatoms. The van der Waals surface area contributed by atoms with Crippen LogP contribution in [0.2, 0.25) is 0 Å². The molecule has 2 atom stereocenters. The summed E-state index contributed by atoms with van der Waals surface area (Å²) in [5.41, 5.74) is 0.710. The summed E-state index contributed by atoms with van der Waals surface area (Å²) in [4.78, 5) is 2.23. The van der Waals surface area contributed by atoms with Crippen LogP contribution in [0.1, 0.15) is 26.2 Å². The average Bonchev–Trinajstić information content (AvgIpc) is 2.31. The van der Waals surface area contributed by atoms with Crippen molar-refractivity contribution in [2.75, 3.05) is 13.1 Å². The molecule has 0 unspecified atom stereocenters. The minimum Gasteiger partial charge on any atom is -0.459 e. The van der Waals surface area contributed by atoms with E-state index in [1.165, 1.54) is 32.4 Å². The van der Waals surface area contributed by atoms with Crippen LogP contribution in [-0.2, 0) is 53.8 Å². The molecule has 2 rings (SSSR count). The van der Waals surface area contributed by atoms with Crippen LogP contribution in [0.3, 0.4) is 0 Å². The fourth-order valence-corrected chi connectivity index (χ4v) is 2.43. The fourth-order valence-electron chi connectivity index (χ4n) is 2.43. The number of hydrogen-bond acceptors (Lipinski definition) is 1. The van der Waals surface area contributed by atoms with Gasteiger partial charge in [0.15, 0.2) is 0 Å². The van der Waals surface area contributed by atoms with Gasteiger partial charge in [0.05, 0.1) is 0 Å². The normalized spacial score (nSPS) is 36.9. The average molecular weight is 426 g/mol. The van der Waals surface area contributed by atoms with E-state index in [9.17, 15) is 0 Å². The predicted octanol–water partition coefficient (Wildman–Crippen LogP) is 2.35. The van der Waals surface area contributed by atoms with E-state index in [0.717, 1.165) is 5.92 Å². The second-order valence-corrected chi connectivity index (χ2v) is 4.10. The fraction of sp³-hybridized carbons (Fsp3) is 0.800. The summed E-state index contributed by atoms with van der Waals surface area (Å²) < 4.78 is 0. The molecule has 1 nitrogen and oxygen atoms in total. The SMILES string of the molecule is [CH2-]N1CC[C@]2(CC[C@@H]2C)C1.[CH3-].[W+2].[Y]. The maximum atomic E-state index is 3.98. The van der Waals surface area contributed by atoms with E-state index >= 15 is 0 Å². The number of rotatable bonds is 0. The summed E-state index contributed by atoms with van der Waals surface area (Å²) in [6, 6.07) is 0. The van der Waals surface area contributed by atoms with E-state index in [1.807, 2.05) is 0 Å². The Hall–Kier alpha value is 1.75. The summed E-state index contributed by atoms with van der Waals surface area (Å²) in [6.07, 6.45) is 4.31. The Balaban J connectivity index is 0. The van der Waals surface area contributed by atoms with Gasteiger partial charge in [-0.15, -0.1) is 0 Å². The maximum Gasteiger partial charge on any atom is 2.00 e. The first-order valence-electron chi connectivity index (χ1n) is 4.28. The third-order valence-corrected chi connectivity index (χ3v) is 3.59. The molecule has 0 amide bonds. The van der Waals surface area contributed by atoms with Gasteiger partial charge in [-0.05, 0) is 43.7 Å². The van der Waals surface area contributed by atoms with Gasteiger partial charge >= 0.3 is 21.1 Å². The zero-order valence-corrected chi connectivity index (χ0v) is 14.5. The number of nitrogens with zero attached hydrogens (tertiary/aromatic N) is 1. The summed E-state index contributed by atoms with van der Waals surface area (Å²) >= 11 is 0. The molecule has 0 N–H and O–H groups in total. The molecular formula is C10H19NWY. The summed E-state index contributed by atoms with van der Waals surface area (Å²) in [7, 11) is 3.98. The summed E-state index contributed by atoms with van der Waals surface area (Å²) in [5.74, 6) is 0.972. The minimum atomic E-state index is 0. The Morgan fingerprint density at radius 1 is 1.38 bits per heavy atom. The van der Waals surface area contributed by atoms with Crippen LogP contribution >= 0.6 is 0 Å². The molecule has 2 aliphatic rings. The molecule has 0 aromatic rings. The van der Waals surface area contributed by atoms with Crippen molar-refractivity contribution in [1.29, 1.82) is 0 Å². The Labute approximate surface area is 123 Å². The van der Waals surface area contributed by atoms with Crippen LogP contribution in [0.15, 0.2) is 0 Å². The summed E-state index contributed by atoms with van der Waals surface area (Å²) in [5, 5.41) is 0. The van der Waals surface area contributed by atoms with Crippen LogP contribution < -0.4 is 0 Å². The molecule has 1 aliphatic heterocycles. The maximum absolute atomic E-state index is 3.98. The van der Waals surface area contributed by atoms with Crippen LogP contribution in [0, 0.1) is 25.8 Å². The van der Waals surface area contributed by atoms with Gasteiger partial charge in [0.1, 0.15) is 0 Å². The third-order valence-electron chi connectivity index (χ3n) is 3.59. The van der Waals surface area contributed by atoms with Gasteiger partial charge in [-0.2, -0.15) is 0 Å². The van der Waals surface area contributed by atoms with Crippen LogP contribution in [-0.4, -0.2) is 18.0 Å². The van der Waals surface area contributed by atoms with E-state index in [-0.39, 0.29) is 61.2 Å². The standard InChI is InChI=1S/C9H16N.CH3.W.Y/c1-8-3-4-9(8)5-6-10(2)7-9;;;/h8H,2-7H2,1H3;1H3;;/q2*-1;+2;/t8-,9+;;;/m0.../s1. The van der Waals surface area contributed by atoms with Crippen LogP contribution in [0.5, 0.6) is 0 Å². The first-order valence-corrected chi connectivity index (χ1v) is 4.28. The first-order chi connectivity index (χ1) is 4.73. The number of likely N-dealkylation sites (tertiary alicyclic amines) is 1. The van der Waals surface area contributed by atoms with E-state index in [1.54, 1.807) is 0 Å². The third kappa shape index (κ3) is 3.10. The molecule has 73 valence electrons. The van der Waals surface area contributed by atoms with Crippen molar-refractivity contribution in [2.24, 2.45) is 11.3 Å². The monoisotopic (exact) mass is 426 g/mol. The molecule has 0 aromatic heterocycles. The zero-order valence-electron chi connectivity index (χ0n) is 8.75. The first kappa shape index (κ1) is 17.2. The smallest absolute Gasteiger partial charge is 0.459 e. The van der Waals surface area contributed by atoms with E-state index in [0.29, 0.717) is 5.41 Å². The topological polar surface area (TPSA) is 3.24 Å². The predicted molar refractivity (Wildman–Crippen MR) is 48.8 cm³/mol. The molecule has 1 radical (unpaired) electrons. The van der Waals surface area contributed by atoms with E-state index in [2.05, 4.69) is 18.9 Å². The molecule has 1 heterocycles. The zero-order chi connectivity index (χ0) is 7.19. The molecule has 1 saturated heterocycles. The Morgan fingerprint density at radius 3 is 2.15 bits per heavy atom. The van der Waals surface area contributed by atoms with Gasteiger partial charge in [0.25, 0.3) is 0 Å². The Bertz CT molecular complexity index is 154.